The first-order chi connectivity index (χ1) is 10.2. The molecular weight excluding hydrogens is 278 g/mol. The largest absolute Gasteiger partial charge is 0.313 e. The van der Waals surface area contributed by atoms with Crippen molar-refractivity contribution < 1.29 is 0 Å². The predicted octanol–water partition coefficient (Wildman–Crippen LogP) is 3.98. The molecule has 0 aliphatic carbocycles. The normalized spacial score (nSPS) is 10.9. The van der Waals surface area contributed by atoms with Crippen LogP contribution in [0.2, 0.25) is 0 Å². The first-order valence-corrected chi connectivity index (χ1v) is 8.42. The molecule has 0 atom stereocenters. The summed E-state index contributed by atoms with van der Waals surface area (Å²) in [6.45, 7) is 10.2. The van der Waals surface area contributed by atoms with E-state index in [1.54, 1.807) is 0 Å². The molecule has 1 aromatic carbocycles. The first kappa shape index (κ1) is 16.0. The van der Waals surface area contributed by atoms with Gasteiger partial charge in [0.05, 0.1) is 0 Å². The van der Waals surface area contributed by atoms with Gasteiger partial charge in [-0.05, 0) is 38.3 Å². The molecule has 1 heterocycles. The molecule has 0 saturated heterocycles. The molecule has 0 unspecified atom stereocenters. The average Bonchev–Trinajstić information content (AvgIpc) is 2.47. The standard InChI is InChI=1S/C17H23N3S/c1-5-18-11-16-12(3)19-17(20-13(16)4)14-7-9-15(10-8-14)21-6-2/h7-10,18H,5-6,11H2,1-4H3. The lowest BCUT2D eigenvalue weighted by atomic mass is 10.1. The second kappa shape index (κ2) is 7.57. The fourth-order valence-corrected chi connectivity index (χ4v) is 2.90. The van der Waals surface area contributed by atoms with Gasteiger partial charge in [-0.3, -0.25) is 0 Å². The zero-order valence-electron chi connectivity index (χ0n) is 13.2. The number of thioether (sulfide) groups is 1. The van der Waals surface area contributed by atoms with Crippen molar-refractivity contribution in [3.63, 3.8) is 0 Å². The van der Waals surface area contributed by atoms with E-state index in [9.17, 15) is 0 Å². The van der Waals surface area contributed by atoms with Crippen LogP contribution in [0.1, 0.15) is 30.8 Å². The molecule has 0 spiro atoms. The topological polar surface area (TPSA) is 37.8 Å². The van der Waals surface area contributed by atoms with Gasteiger partial charge in [-0.25, -0.2) is 9.97 Å². The number of nitrogens with one attached hydrogen (secondary N) is 1. The second-order valence-electron chi connectivity index (χ2n) is 4.93. The number of benzene rings is 1. The van der Waals surface area contributed by atoms with E-state index < -0.39 is 0 Å². The van der Waals surface area contributed by atoms with Crippen LogP contribution in [0, 0.1) is 13.8 Å². The van der Waals surface area contributed by atoms with Crippen LogP contribution in [-0.4, -0.2) is 22.3 Å². The van der Waals surface area contributed by atoms with E-state index in [1.807, 2.05) is 11.8 Å². The molecule has 1 aromatic heterocycles. The molecule has 0 amide bonds. The lowest BCUT2D eigenvalue weighted by Crippen LogP contribution is -2.15. The second-order valence-corrected chi connectivity index (χ2v) is 6.27. The molecule has 0 saturated carbocycles. The zero-order valence-corrected chi connectivity index (χ0v) is 14.0. The van der Waals surface area contributed by atoms with Crippen LogP contribution < -0.4 is 5.32 Å². The van der Waals surface area contributed by atoms with Gasteiger partial charge < -0.3 is 5.32 Å². The van der Waals surface area contributed by atoms with Crippen LogP contribution in [0.15, 0.2) is 29.2 Å². The highest BCUT2D eigenvalue weighted by molar-refractivity contribution is 7.99. The predicted molar refractivity (Wildman–Crippen MR) is 90.7 cm³/mol. The van der Waals surface area contributed by atoms with E-state index in [0.717, 1.165) is 41.6 Å². The lowest BCUT2D eigenvalue weighted by molar-refractivity contribution is 0.711. The van der Waals surface area contributed by atoms with E-state index in [-0.39, 0.29) is 0 Å². The Kier molecular flexibility index (Phi) is 5.76. The Hall–Kier alpha value is -1.39. The van der Waals surface area contributed by atoms with Crippen molar-refractivity contribution in [2.24, 2.45) is 0 Å². The van der Waals surface area contributed by atoms with Gasteiger partial charge in [-0.1, -0.05) is 26.0 Å². The van der Waals surface area contributed by atoms with E-state index in [4.69, 9.17) is 0 Å². The van der Waals surface area contributed by atoms with E-state index >= 15 is 0 Å². The van der Waals surface area contributed by atoms with Gasteiger partial charge in [-0.15, -0.1) is 11.8 Å². The van der Waals surface area contributed by atoms with Crippen LogP contribution >= 0.6 is 11.8 Å². The molecular formula is C17H23N3S. The van der Waals surface area contributed by atoms with Crippen molar-refractivity contribution in [1.82, 2.24) is 15.3 Å². The van der Waals surface area contributed by atoms with Crippen molar-refractivity contribution in [3.05, 3.63) is 41.2 Å². The Balaban J connectivity index is 2.28. The van der Waals surface area contributed by atoms with Gasteiger partial charge >= 0.3 is 0 Å². The summed E-state index contributed by atoms with van der Waals surface area (Å²) in [5, 5.41) is 3.34. The average molecular weight is 301 g/mol. The summed E-state index contributed by atoms with van der Waals surface area (Å²) < 4.78 is 0. The molecule has 4 heteroatoms. The fourth-order valence-electron chi connectivity index (χ4n) is 2.24. The van der Waals surface area contributed by atoms with Crippen molar-refractivity contribution in [2.75, 3.05) is 12.3 Å². The van der Waals surface area contributed by atoms with Crippen LogP contribution in [0.3, 0.4) is 0 Å². The van der Waals surface area contributed by atoms with E-state index in [2.05, 4.69) is 67.2 Å². The molecule has 0 aliphatic heterocycles. The third-order valence-electron chi connectivity index (χ3n) is 3.40. The number of nitrogens with zero attached hydrogens (tertiary/aromatic N) is 2. The van der Waals surface area contributed by atoms with Gasteiger partial charge in [0.25, 0.3) is 0 Å². The third kappa shape index (κ3) is 4.05. The highest BCUT2D eigenvalue weighted by Gasteiger charge is 2.09. The van der Waals surface area contributed by atoms with Crippen LogP contribution in [-0.2, 0) is 6.54 Å². The monoisotopic (exact) mass is 301 g/mol. The maximum Gasteiger partial charge on any atom is 0.159 e. The van der Waals surface area contributed by atoms with Gasteiger partial charge in [0.15, 0.2) is 5.82 Å². The lowest BCUT2D eigenvalue weighted by Gasteiger charge is -2.11. The van der Waals surface area contributed by atoms with Crippen LogP contribution in [0.4, 0.5) is 0 Å². The summed E-state index contributed by atoms with van der Waals surface area (Å²) in [5.74, 6) is 1.91. The number of aryl methyl sites for hydroxylation is 2. The van der Waals surface area contributed by atoms with Crippen molar-refractivity contribution >= 4 is 11.8 Å². The Bertz CT molecular complexity index is 570. The third-order valence-corrected chi connectivity index (χ3v) is 4.29. The first-order valence-electron chi connectivity index (χ1n) is 7.43. The highest BCUT2D eigenvalue weighted by Crippen LogP contribution is 2.23. The molecule has 2 aromatic rings. The fraction of sp³-hybridized carbons (Fsp3) is 0.412. The quantitative estimate of drug-likeness (QED) is 0.819. The molecule has 1 N–H and O–H groups in total. The maximum absolute atomic E-state index is 4.67. The van der Waals surface area contributed by atoms with E-state index in [0.29, 0.717) is 0 Å². The van der Waals surface area contributed by atoms with Crippen molar-refractivity contribution in [1.29, 1.82) is 0 Å². The Morgan fingerprint density at radius 3 is 2.14 bits per heavy atom. The summed E-state index contributed by atoms with van der Waals surface area (Å²) in [6, 6.07) is 8.50. The molecule has 2 rings (SSSR count). The zero-order chi connectivity index (χ0) is 15.2. The summed E-state index contributed by atoms with van der Waals surface area (Å²) in [4.78, 5) is 10.6. The van der Waals surface area contributed by atoms with Crippen LogP contribution in [0.25, 0.3) is 11.4 Å². The van der Waals surface area contributed by atoms with Gasteiger partial charge in [0.2, 0.25) is 0 Å². The Morgan fingerprint density at radius 2 is 1.62 bits per heavy atom. The molecule has 21 heavy (non-hydrogen) atoms. The Morgan fingerprint density at radius 1 is 1.00 bits per heavy atom. The molecule has 0 fully saturated rings. The maximum atomic E-state index is 4.67. The van der Waals surface area contributed by atoms with Crippen LogP contribution in [0.5, 0.6) is 0 Å². The minimum absolute atomic E-state index is 0.818. The molecule has 3 nitrogen and oxygen atoms in total. The molecule has 0 radical (unpaired) electrons. The highest BCUT2D eigenvalue weighted by atomic mass is 32.2. The molecule has 0 aliphatic rings. The summed E-state index contributed by atoms with van der Waals surface area (Å²) in [5.41, 5.74) is 4.41. The van der Waals surface area contributed by atoms with Crippen molar-refractivity contribution in [2.45, 2.75) is 39.1 Å². The molecule has 112 valence electrons. The number of hydrogen-bond donors (Lipinski definition) is 1. The van der Waals surface area contributed by atoms with Gasteiger partial charge in [-0.2, -0.15) is 0 Å². The SMILES string of the molecule is CCNCc1c(C)nc(-c2ccc(SCC)cc2)nc1C. The smallest absolute Gasteiger partial charge is 0.159 e. The minimum Gasteiger partial charge on any atom is -0.313 e. The van der Waals surface area contributed by atoms with E-state index in [1.165, 1.54) is 10.5 Å². The summed E-state index contributed by atoms with van der Waals surface area (Å²) >= 11 is 1.85. The summed E-state index contributed by atoms with van der Waals surface area (Å²) in [7, 11) is 0. The van der Waals surface area contributed by atoms with Gasteiger partial charge in [0.1, 0.15) is 0 Å². The van der Waals surface area contributed by atoms with Crippen molar-refractivity contribution in [3.8, 4) is 11.4 Å². The number of hydrogen-bond acceptors (Lipinski definition) is 4. The number of rotatable bonds is 6. The number of aromatic nitrogens is 2. The van der Waals surface area contributed by atoms with Gasteiger partial charge in [0, 0.05) is 34.0 Å². The molecule has 0 bridgehead atoms. The Labute approximate surface area is 131 Å². The summed E-state index contributed by atoms with van der Waals surface area (Å²) in [6.07, 6.45) is 0. The minimum atomic E-state index is 0.818.